The summed E-state index contributed by atoms with van der Waals surface area (Å²) >= 11 is 0. The Kier molecular flexibility index (Phi) is 4.13. The number of nitrogens with one attached hydrogen (secondary N) is 1. The minimum Gasteiger partial charge on any atom is -0.481 e. The molecule has 4 heteroatoms. The summed E-state index contributed by atoms with van der Waals surface area (Å²) < 4.78 is 5.60. The lowest BCUT2D eigenvalue weighted by Crippen LogP contribution is -2.30. The quantitative estimate of drug-likeness (QED) is 0.915. The molecule has 0 bridgehead atoms. The molecule has 0 radical (unpaired) electrons. The van der Waals surface area contributed by atoms with E-state index in [1.54, 1.807) is 31.5 Å². The molecular weight excluding hydrogens is 240 g/mol. The van der Waals surface area contributed by atoms with Gasteiger partial charge in [0.05, 0.1) is 11.9 Å². The van der Waals surface area contributed by atoms with Crippen LogP contribution in [-0.2, 0) is 4.79 Å². The largest absolute Gasteiger partial charge is 0.481 e. The second kappa shape index (κ2) is 6.00. The Morgan fingerprint density at radius 2 is 2.16 bits per heavy atom. The first kappa shape index (κ1) is 13.1. The van der Waals surface area contributed by atoms with Gasteiger partial charge in [0.2, 0.25) is 0 Å². The van der Waals surface area contributed by atoms with E-state index >= 15 is 0 Å². The minimum absolute atomic E-state index is 0.200. The number of rotatable bonds is 4. The monoisotopic (exact) mass is 256 g/mol. The number of carbonyl (C=O) groups is 1. The Hall–Kier alpha value is -2.36. The van der Waals surface area contributed by atoms with Crippen LogP contribution in [0, 0.1) is 6.92 Å². The second-order valence-corrected chi connectivity index (χ2v) is 4.31. The lowest BCUT2D eigenvalue weighted by molar-refractivity contribution is -0.122. The molecule has 1 atom stereocenters. The summed E-state index contributed by atoms with van der Waals surface area (Å²) in [5.41, 5.74) is 1.75. The van der Waals surface area contributed by atoms with Crippen LogP contribution in [0.3, 0.4) is 0 Å². The van der Waals surface area contributed by atoms with Crippen molar-refractivity contribution >= 4 is 11.6 Å². The van der Waals surface area contributed by atoms with Crippen LogP contribution >= 0.6 is 0 Å². The number of carbonyl (C=O) groups excluding carboxylic acids is 1. The van der Waals surface area contributed by atoms with Gasteiger partial charge in [-0.25, -0.2) is 0 Å². The number of hydrogen-bond acceptors (Lipinski definition) is 3. The SMILES string of the molecule is Cc1cccc(OC(C)C(=O)Nc2cccnc2)c1. The van der Waals surface area contributed by atoms with Crippen LogP contribution in [-0.4, -0.2) is 17.0 Å². The van der Waals surface area contributed by atoms with Crippen LogP contribution in [0.25, 0.3) is 0 Å². The second-order valence-electron chi connectivity index (χ2n) is 4.31. The summed E-state index contributed by atoms with van der Waals surface area (Å²) in [6.45, 7) is 3.70. The van der Waals surface area contributed by atoms with Gasteiger partial charge in [0.15, 0.2) is 6.10 Å². The first-order valence-corrected chi connectivity index (χ1v) is 6.09. The van der Waals surface area contributed by atoms with E-state index in [2.05, 4.69) is 10.3 Å². The summed E-state index contributed by atoms with van der Waals surface area (Å²) in [5.74, 6) is 0.489. The van der Waals surface area contributed by atoms with Gasteiger partial charge in [-0.2, -0.15) is 0 Å². The van der Waals surface area contributed by atoms with Crippen LogP contribution in [0.4, 0.5) is 5.69 Å². The fourth-order valence-electron chi connectivity index (χ4n) is 1.63. The maximum atomic E-state index is 11.9. The van der Waals surface area contributed by atoms with Crippen molar-refractivity contribution in [2.75, 3.05) is 5.32 Å². The van der Waals surface area contributed by atoms with Gasteiger partial charge in [0.1, 0.15) is 5.75 Å². The summed E-state index contributed by atoms with van der Waals surface area (Å²) in [6.07, 6.45) is 2.68. The van der Waals surface area contributed by atoms with E-state index in [1.165, 1.54) is 0 Å². The highest BCUT2D eigenvalue weighted by molar-refractivity contribution is 5.93. The molecule has 1 N–H and O–H groups in total. The molecule has 0 saturated heterocycles. The van der Waals surface area contributed by atoms with Gasteiger partial charge in [-0.1, -0.05) is 12.1 Å². The average Bonchev–Trinajstić information content (AvgIpc) is 2.40. The highest BCUT2D eigenvalue weighted by atomic mass is 16.5. The van der Waals surface area contributed by atoms with E-state index in [0.717, 1.165) is 5.56 Å². The predicted molar refractivity (Wildman–Crippen MR) is 74.1 cm³/mol. The van der Waals surface area contributed by atoms with Gasteiger partial charge in [-0.05, 0) is 43.7 Å². The Balaban J connectivity index is 1.96. The smallest absolute Gasteiger partial charge is 0.265 e. The molecule has 1 aromatic heterocycles. The lowest BCUT2D eigenvalue weighted by atomic mass is 10.2. The van der Waals surface area contributed by atoms with Crippen molar-refractivity contribution < 1.29 is 9.53 Å². The Morgan fingerprint density at radius 1 is 1.32 bits per heavy atom. The lowest BCUT2D eigenvalue weighted by Gasteiger charge is -2.14. The molecule has 1 amide bonds. The number of anilines is 1. The van der Waals surface area contributed by atoms with Crippen molar-refractivity contribution in [2.45, 2.75) is 20.0 Å². The number of amides is 1. The first-order valence-electron chi connectivity index (χ1n) is 6.09. The van der Waals surface area contributed by atoms with Gasteiger partial charge in [-0.3, -0.25) is 9.78 Å². The van der Waals surface area contributed by atoms with Crippen molar-refractivity contribution in [3.05, 3.63) is 54.4 Å². The normalized spacial score (nSPS) is 11.7. The molecule has 98 valence electrons. The van der Waals surface area contributed by atoms with E-state index < -0.39 is 6.10 Å². The number of ether oxygens (including phenoxy) is 1. The molecule has 1 aromatic carbocycles. The summed E-state index contributed by atoms with van der Waals surface area (Å²) in [6, 6.07) is 11.2. The molecule has 0 fully saturated rings. The molecule has 2 aromatic rings. The molecule has 4 nitrogen and oxygen atoms in total. The third-order valence-corrected chi connectivity index (χ3v) is 2.60. The number of pyridine rings is 1. The van der Waals surface area contributed by atoms with Crippen molar-refractivity contribution in [1.82, 2.24) is 4.98 Å². The molecule has 0 aliphatic rings. The molecule has 1 heterocycles. The number of aromatic nitrogens is 1. The van der Waals surface area contributed by atoms with Gasteiger partial charge < -0.3 is 10.1 Å². The van der Waals surface area contributed by atoms with E-state index in [4.69, 9.17) is 4.74 Å². The fourth-order valence-corrected chi connectivity index (χ4v) is 1.63. The minimum atomic E-state index is -0.568. The van der Waals surface area contributed by atoms with Crippen LogP contribution in [0.1, 0.15) is 12.5 Å². The Morgan fingerprint density at radius 3 is 2.84 bits per heavy atom. The topological polar surface area (TPSA) is 51.2 Å². The standard InChI is InChI=1S/C15H16N2O2/c1-11-5-3-7-14(9-11)19-12(2)15(18)17-13-6-4-8-16-10-13/h3-10,12H,1-2H3,(H,17,18). The number of hydrogen-bond donors (Lipinski definition) is 1. The molecular formula is C15H16N2O2. The number of aryl methyl sites for hydroxylation is 1. The molecule has 1 unspecified atom stereocenters. The molecule has 0 spiro atoms. The third-order valence-electron chi connectivity index (χ3n) is 2.60. The first-order chi connectivity index (χ1) is 9.15. The van der Waals surface area contributed by atoms with Crippen molar-refractivity contribution in [3.63, 3.8) is 0 Å². The Bertz CT molecular complexity index is 555. The maximum absolute atomic E-state index is 11.9. The summed E-state index contributed by atoms with van der Waals surface area (Å²) in [4.78, 5) is 15.9. The zero-order chi connectivity index (χ0) is 13.7. The number of nitrogens with zero attached hydrogens (tertiary/aromatic N) is 1. The summed E-state index contributed by atoms with van der Waals surface area (Å²) in [5, 5.41) is 2.75. The molecule has 19 heavy (non-hydrogen) atoms. The molecule has 2 rings (SSSR count). The highest BCUT2D eigenvalue weighted by Crippen LogP contribution is 2.15. The van der Waals surface area contributed by atoms with Crippen molar-refractivity contribution in [3.8, 4) is 5.75 Å². The van der Waals surface area contributed by atoms with E-state index in [0.29, 0.717) is 11.4 Å². The zero-order valence-electron chi connectivity index (χ0n) is 11.0. The summed E-state index contributed by atoms with van der Waals surface area (Å²) in [7, 11) is 0. The van der Waals surface area contributed by atoms with Crippen LogP contribution in [0.15, 0.2) is 48.8 Å². The van der Waals surface area contributed by atoms with Gasteiger partial charge >= 0.3 is 0 Å². The maximum Gasteiger partial charge on any atom is 0.265 e. The van der Waals surface area contributed by atoms with Gasteiger partial charge in [-0.15, -0.1) is 0 Å². The zero-order valence-corrected chi connectivity index (χ0v) is 11.0. The Labute approximate surface area is 112 Å². The highest BCUT2D eigenvalue weighted by Gasteiger charge is 2.14. The van der Waals surface area contributed by atoms with Crippen molar-refractivity contribution in [2.24, 2.45) is 0 Å². The van der Waals surface area contributed by atoms with E-state index in [-0.39, 0.29) is 5.91 Å². The average molecular weight is 256 g/mol. The fraction of sp³-hybridized carbons (Fsp3) is 0.200. The van der Waals surface area contributed by atoms with Crippen LogP contribution in [0.2, 0.25) is 0 Å². The van der Waals surface area contributed by atoms with Crippen molar-refractivity contribution in [1.29, 1.82) is 0 Å². The van der Waals surface area contributed by atoms with Crippen LogP contribution < -0.4 is 10.1 Å². The van der Waals surface area contributed by atoms with Crippen LogP contribution in [0.5, 0.6) is 5.75 Å². The molecule has 0 saturated carbocycles. The van der Waals surface area contributed by atoms with Gasteiger partial charge in [0.25, 0.3) is 5.91 Å². The molecule has 0 aliphatic carbocycles. The van der Waals surface area contributed by atoms with E-state index in [9.17, 15) is 4.79 Å². The predicted octanol–water partition coefficient (Wildman–Crippen LogP) is 2.80. The third kappa shape index (κ3) is 3.81. The van der Waals surface area contributed by atoms with Gasteiger partial charge in [0, 0.05) is 6.20 Å². The van der Waals surface area contributed by atoms with E-state index in [1.807, 2.05) is 31.2 Å². The number of benzene rings is 1. The molecule has 0 aliphatic heterocycles.